The lowest BCUT2D eigenvalue weighted by Crippen LogP contribution is -2.42. The van der Waals surface area contributed by atoms with Gasteiger partial charge in [0.1, 0.15) is 0 Å². The summed E-state index contributed by atoms with van der Waals surface area (Å²) in [5, 5.41) is 4.68. The van der Waals surface area contributed by atoms with Gasteiger partial charge >= 0.3 is 0 Å². The number of halogens is 1. The van der Waals surface area contributed by atoms with Gasteiger partial charge in [0.05, 0.1) is 15.9 Å². The van der Waals surface area contributed by atoms with Gasteiger partial charge in [-0.15, -0.1) is 0 Å². The van der Waals surface area contributed by atoms with E-state index in [2.05, 4.69) is 39.6 Å². The Kier molecular flexibility index (Phi) is 5.07. The van der Waals surface area contributed by atoms with E-state index in [1.165, 1.54) is 35.8 Å². The fraction of sp³-hybridized carbons (Fsp3) is 0.800. The highest BCUT2D eigenvalue weighted by Crippen LogP contribution is 2.32. The minimum absolute atomic E-state index is 0.0308. The molecule has 0 aromatic carbocycles. The van der Waals surface area contributed by atoms with E-state index in [9.17, 15) is 0 Å². The predicted octanol–water partition coefficient (Wildman–Crippen LogP) is 3.82. The number of hydrogen-bond acceptors (Lipinski definition) is 2. The molecule has 108 valence electrons. The largest absolute Gasteiger partial charge is 0.325 e. The van der Waals surface area contributed by atoms with Crippen molar-refractivity contribution in [2.24, 2.45) is 5.73 Å². The number of nitrogens with zero attached hydrogens (tertiary/aromatic N) is 2. The van der Waals surface area contributed by atoms with Crippen molar-refractivity contribution in [2.75, 3.05) is 0 Å². The molecule has 0 saturated heterocycles. The van der Waals surface area contributed by atoms with Crippen LogP contribution in [0.25, 0.3) is 0 Å². The zero-order chi connectivity index (χ0) is 13.9. The van der Waals surface area contributed by atoms with Crippen molar-refractivity contribution in [2.45, 2.75) is 77.3 Å². The minimum atomic E-state index is -0.0308. The maximum Gasteiger partial charge on any atom is 0.0766 e. The fourth-order valence-corrected chi connectivity index (χ4v) is 3.83. The van der Waals surface area contributed by atoms with Crippen LogP contribution in [0.2, 0.25) is 0 Å². The van der Waals surface area contributed by atoms with Gasteiger partial charge in [-0.1, -0.05) is 32.6 Å². The lowest BCUT2D eigenvalue weighted by atomic mass is 9.86. The summed E-state index contributed by atoms with van der Waals surface area (Å²) in [7, 11) is 0. The molecule has 0 spiro atoms. The van der Waals surface area contributed by atoms with Crippen LogP contribution < -0.4 is 5.73 Å². The molecule has 19 heavy (non-hydrogen) atoms. The van der Waals surface area contributed by atoms with Crippen molar-refractivity contribution >= 4 is 15.9 Å². The molecule has 2 N–H and O–H groups in total. The second-order valence-corrected chi connectivity index (χ2v) is 6.62. The summed E-state index contributed by atoms with van der Waals surface area (Å²) >= 11 is 3.73. The third-order valence-corrected chi connectivity index (χ3v) is 5.23. The predicted molar refractivity (Wildman–Crippen MR) is 83.3 cm³/mol. The maximum atomic E-state index is 6.67. The van der Waals surface area contributed by atoms with Crippen molar-refractivity contribution in [3.8, 4) is 0 Å². The Balaban J connectivity index is 2.23. The van der Waals surface area contributed by atoms with E-state index in [4.69, 9.17) is 5.73 Å². The zero-order valence-corrected chi connectivity index (χ0v) is 13.8. The number of aromatic nitrogens is 2. The summed E-state index contributed by atoms with van der Waals surface area (Å²) in [6, 6.07) is 0. The fourth-order valence-electron chi connectivity index (χ4n) is 3.13. The van der Waals surface area contributed by atoms with Gasteiger partial charge in [-0.3, -0.25) is 4.68 Å². The molecule has 1 heterocycles. The summed E-state index contributed by atoms with van der Waals surface area (Å²) in [5.74, 6) is 0. The highest BCUT2D eigenvalue weighted by molar-refractivity contribution is 9.10. The monoisotopic (exact) mass is 327 g/mol. The van der Waals surface area contributed by atoms with Gasteiger partial charge in [0.2, 0.25) is 0 Å². The molecule has 1 aliphatic carbocycles. The topological polar surface area (TPSA) is 43.8 Å². The zero-order valence-electron chi connectivity index (χ0n) is 12.2. The van der Waals surface area contributed by atoms with Crippen molar-refractivity contribution in [1.82, 2.24) is 9.78 Å². The average molecular weight is 328 g/mol. The molecule has 3 nitrogen and oxygen atoms in total. The molecule has 1 fully saturated rings. The Labute approximate surface area is 125 Å². The second-order valence-electron chi connectivity index (χ2n) is 5.83. The highest BCUT2D eigenvalue weighted by atomic mass is 79.9. The van der Waals surface area contributed by atoms with E-state index in [1.54, 1.807) is 0 Å². The van der Waals surface area contributed by atoms with Crippen LogP contribution in [0.15, 0.2) is 4.47 Å². The van der Waals surface area contributed by atoms with Crippen molar-refractivity contribution < 1.29 is 0 Å². The van der Waals surface area contributed by atoms with Gasteiger partial charge in [-0.05, 0) is 42.1 Å². The van der Waals surface area contributed by atoms with Gasteiger partial charge in [0.25, 0.3) is 0 Å². The molecule has 0 unspecified atom stereocenters. The van der Waals surface area contributed by atoms with Gasteiger partial charge < -0.3 is 5.73 Å². The SMILES string of the molecule is CCc1nn(CC)c(CC2(N)CCCCCC2)c1Br. The van der Waals surface area contributed by atoms with E-state index in [0.717, 1.165) is 37.9 Å². The average Bonchev–Trinajstić information content (AvgIpc) is 2.57. The van der Waals surface area contributed by atoms with E-state index in [-0.39, 0.29) is 5.54 Å². The van der Waals surface area contributed by atoms with Gasteiger partial charge in [-0.2, -0.15) is 5.10 Å². The molecule has 1 aromatic rings. The Bertz CT molecular complexity index is 417. The Morgan fingerprint density at radius 2 is 1.84 bits per heavy atom. The van der Waals surface area contributed by atoms with Crippen LogP contribution in [-0.2, 0) is 19.4 Å². The van der Waals surface area contributed by atoms with Gasteiger partial charge in [0, 0.05) is 18.5 Å². The Hall–Kier alpha value is -0.350. The van der Waals surface area contributed by atoms with Gasteiger partial charge in [0.15, 0.2) is 0 Å². The number of aryl methyl sites for hydroxylation is 2. The first-order valence-corrected chi connectivity index (χ1v) is 8.42. The summed E-state index contributed by atoms with van der Waals surface area (Å²) < 4.78 is 3.31. The quantitative estimate of drug-likeness (QED) is 0.854. The first kappa shape index (κ1) is 15.0. The number of nitrogens with two attached hydrogens (primary N) is 1. The first-order chi connectivity index (χ1) is 9.09. The van der Waals surface area contributed by atoms with E-state index < -0.39 is 0 Å². The van der Waals surface area contributed by atoms with Crippen LogP contribution in [0.5, 0.6) is 0 Å². The molecular weight excluding hydrogens is 302 g/mol. The van der Waals surface area contributed by atoms with Crippen molar-refractivity contribution in [3.63, 3.8) is 0 Å². The molecule has 0 aliphatic heterocycles. The maximum absolute atomic E-state index is 6.67. The van der Waals surface area contributed by atoms with Crippen LogP contribution in [0, 0.1) is 0 Å². The summed E-state index contributed by atoms with van der Waals surface area (Å²) in [6.07, 6.45) is 9.45. The van der Waals surface area contributed by atoms with Crippen LogP contribution in [0.1, 0.15) is 63.8 Å². The molecule has 4 heteroatoms. The Morgan fingerprint density at radius 1 is 1.21 bits per heavy atom. The molecular formula is C15H26BrN3. The summed E-state index contributed by atoms with van der Waals surface area (Å²) in [4.78, 5) is 0. The molecule has 0 bridgehead atoms. The molecule has 0 radical (unpaired) electrons. The van der Waals surface area contributed by atoms with Crippen molar-refractivity contribution in [1.29, 1.82) is 0 Å². The highest BCUT2D eigenvalue weighted by Gasteiger charge is 2.29. The van der Waals surface area contributed by atoms with Crippen LogP contribution in [0.4, 0.5) is 0 Å². The lowest BCUT2D eigenvalue weighted by molar-refractivity contribution is 0.358. The standard InChI is InChI=1S/C15H26BrN3/c1-3-12-14(16)13(19(4-2)18-12)11-15(17)9-7-5-6-8-10-15/h3-11,17H2,1-2H3. The molecule has 1 aromatic heterocycles. The van der Waals surface area contributed by atoms with E-state index in [1.807, 2.05) is 0 Å². The summed E-state index contributed by atoms with van der Waals surface area (Å²) in [5.41, 5.74) is 9.10. The van der Waals surface area contributed by atoms with Crippen molar-refractivity contribution in [3.05, 3.63) is 15.9 Å². The third-order valence-electron chi connectivity index (χ3n) is 4.31. The van der Waals surface area contributed by atoms with Crippen LogP contribution >= 0.6 is 15.9 Å². The first-order valence-electron chi connectivity index (χ1n) is 7.62. The van der Waals surface area contributed by atoms with Crippen LogP contribution in [0.3, 0.4) is 0 Å². The van der Waals surface area contributed by atoms with E-state index >= 15 is 0 Å². The molecule has 1 aliphatic rings. The van der Waals surface area contributed by atoms with Gasteiger partial charge in [-0.25, -0.2) is 0 Å². The normalized spacial score (nSPS) is 19.4. The Morgan fingerprint density at radius 3 is 2.37 bits per heavy atom. The molecule has 1 saturated carbocycles. The number of hydrogen-bond donors (Lipinski definition) is 1. The summed E-state index contributed by atoms with van der Waals surface area (Å²) in [6.45, 7) is 5.23. The number of rotatable bonds is 4. The molecule has 0 amide bonds. The molecule has 0 atom stereocenters. The van der Waals surface area contributed by atoms with Crippen LogP contribution in [-0.4, -0.2) is 15.3 Å². The third kappa shape index (κ3) is 3.40. The second kappa shape index (κ2) is 6.40. The minimum Gasteiger partial charge on any atom is -0.325 e. The lowest BCUT2D eigenvalue weighted by Gasteiger charge is -2.28. The van der Waals surface area contributed by atoms with E-state index in [0.29, 0.717) is 0 Å². The smallest absolute Gasteiger partial charge is 0.0766 e. The molecule has 2 rings (SSSR count).